The number of nitrogens with zero attached hydrogens (tertiary/aromatic N) is 2. The Morgan fingerprint density at radius 3 is 2.88 bits per heavy atom. The first kappa shape index (κ1) is 16.0. The number of aryl methyl sites for hydroxylation is 2. The number of hydrogen-bond acceptors (Lipinski definition) is 4. The summed E-state index contributed by atoms with van der Waals surface area (Å²) >= 11 is 1.76. The monoisotopic (exact) mass is 357 g/mol. The highest BCUT2D eigenvalue weighted by atomic mass is 32.1. The van der Waals surface area contributed by atoms with Gasteiger partial charge in [0, 0.05) is 10.9 Å². The van der Waals surface area contributed by atoms with Crippen LogP contribution >= 0.6 is 11.3 Å². The summed E-state index contributed by atoms with van der Waals surface area (Å²) in [5.74, 6) is 1.74. The summed E-state index contributed by atoms with van der Waals surface area (Å²) in [5.41, 5.74) is 1.38. The van der Waals surface area contributed by atoms with Crippen molar-refractivity contribution in [1.82, 2.24) is 14.9 Å². The summed E-state index contributed by atoms with van der Waals surface area (Å²) in [4.78, 5) is 25.8. The van der Waals surface area contributed by atoms with Crippen LogP contribution in [0.4, 0.5) is 0 Å². The molecule has 1 saturated heterocycles. The quantitative estimate of drug-likeness (QED) is 0.883. The Kier molecular flexibility index (Phi) is 4.17. The van der Waals surface area contributed by atoms with Crippen molar-refractivity contribution in [3.8, 4) is 0 Å². The van der Waals surface area contributed by atoms with Gasteiger partial charge >= 0.3 is 0 Å². The maximum Gasteiger partial charge on any atom is 0.259 e. The van der Waals surface area contributed by atoms with Gasteiger partial charge in [0.1, 0.15) is 10.7 Å². The number of nitrogens with one attached hydrogen (secondary N) is 1. The molecule has 0 unspecified atom stereocenters. The van der Waals surface area contributed by atoms with Crippen LogP contribution in [0.2, 0.25) is 0 Å². The molecule has 2 aromatic rings. The third kappa shape index (κ3) is 2.85. The lowest BCUT2D eigenvalue weighted by Crippen LogP contribution is -2.46. The van der Waals surface area contributed by atoms with Crippen LogP contribution in [0.3, 0.4) is 0 Å². The van der Waals surface area contributed by atoms with E-state index in [2.05, 4.69) is 9.88 Å². The van der Waals surface area contributed by atoms with Crippen molar-refractivity contribution in [1.29, 1.82) is 0 Å². The molecule has 2 fully saturated rings. The van der Waals surface area contributed by atoms with Crippen molar-refractivity contribution in [3.05, 3.63) is 26.6 Å². The summed E-state index contributed by atoms with van der Waals surface area (Å²) in [6.07, 6.45) is 12.8. The summed E-state index contributed by atoms with van der Waals surface area (Å²) in [6, 6.07) is 0.708. The second kappa shape index (κ2) is 6.51. The number of aromatic amines is 1. The second-order valence-electron chi connectivity index (χ2n) is 8.13. The molecule has 2 aliphatic carbocycles. The lowest BCUT2D eigenvalue weighted by molar-refractivity contribution is 0.0527. The van der Waals surface area contributed by atoms with Crippen LogP contribution in [0.25, 0.3) is 10.2 Å². The normalized spacial score (nSPS) is 27.2. The molecule has 134 valence electrons. The van der Waals surface area contributed by atoms with Crippen LogP contribution in [0.5, 0.6) is 0 Å². The average molecular weight is 358 g/mol. The molecule has 5 heteroatoms. The van der Waals surface area contributed by atoms with Crippen LogP contribution < -0.4 is 5.56 Å². The third-order valence-electron chi connectivity index (χ3n) is 6.59. The number of thiophene rings is 1. The fraction of sp³-hybridized carbons (Fsp3) is 0.700. The van der Waals surface area contributed by atoms with E-state index in [1.807, 2.05) is 0 Å². The molecule has 1 aliphatic heterocycles. The first-order chi connectivity index (χ1) is 12.3. The van der Waals surface area contributed by atoms with E-state index in [0.29, 0.717) is 6.04 Å². The summed E-state index contributed by atoms with van der Waals surface area (Å²) in [6.45, 7) is 1.97. The molecule has 4 nitrogen and oxygen atoms in total. The molecule has 3 aliphatic rings. The van der Waals surface area contributed by atoms with Crippen LogP contribution in [-0.2, 0) is 19.4 Å². The molecule has 0 spiro atoms. The molecule has 2 atom stereocenters. The fourth-order valence-corrected chi connectivity index (χ4v) is 6.68. The summed E-state index contributed by atoms with van der Waals surface area (Å²) in [5, 5.41) is 0.887. The van der Waals surface area contributed by atoms with Gasteiger partial charge in [0.15, 0.2) is 0 Å². The van der Waals surface area contributed by atoms with Crippen molar-refractivity contribution in [2.45, 2.75) is 76.8 Å². The van der Waals surface area contributed by atoms with E-state index in [1.54, 1.807) is 11.3 Å². The molecule has 3 heterocycles. The van der Waals surface area contributed by atoms with Gasteiger partial charge in [0.2, 0.25) is 0 Å². The summed E-state index contributed by atoms with van der Waals surface area (Å²) in [7, 11) is 0. The first-order valence-corrected chi connectivity index (χ1v) is 10.9. The van der Waals surface area contributed by atoms with Crippen LogP contribution in [0.15, 0.2) is 4.79 Å². The number of H-pyrrole nitrogens is 1. The van der Waals surface area contributed by atoms with E-state index in [1.165, 1.54) is 61.8 Å². The van der Waals surface area contributed by atoms with Gasteiger partial charge in [-0.1, -0.05) is 12.8 Å². The zero-order chi connectivity index (χ0) is 16.8. The number of aromatic nitrogens is 2. The molecular weight excluding hydrogens is 330 g/mol. The highest BCUT2D eigenvalue weighted by Crippen LogP contribution is 2.36. The number of fused-ring (bicyclic) bond motifs is 4. The fourth-order valence-electron chi connectivity index (χ4n) is 5.40. The molecule has 1 saturated carbocycles. The maximum absolute atomic E-state index is 12.7. The lowest BCUT2D eigenvalue weighted by atomic mass is 9.78. The predicted octanol–water partition coefficient (Wildman–Crippen LogP) is 4.02. The number of rotatable bonds is 2. The van der Waals surface area contributed by atoms with Crippen molar-refractivity contribution in [2.24, 2.45) is 5.92 Å². The molecule has 25 heavy (non-hydrogen) atoms. The zero-order valence-corrected chi connectivity index (χ0v) is 15.7. The van der Waals surface area contributed by atoms with Crippen LogP contribution in [0, 0.1) is 5.92 Å². The van der Waals surface area contributed by atoms with Gasteiger partial charge in [-0.25, -0.2) is 4.98 Å². The zero-order valence-electron chi connectivity index (χ0n) is 14.9. The Balaban J connectivity index is 1.46. The highest BCUT2D eigenvalue weighted by molar-refractivity contribution is 7.18. The van der Waals surface area contributed by atoms with E-state index in [9.17, 15) is 4.79 Å². The lowest BCUT2D eigenvalue weighted by Gasteiger charge is -2.43. The molecular formula is C20H27N3OS. The smallest absolute Gasteiger partial charge is 0.259 e. The molecule has 0 amide bonds. The Labute approximate surface area is 152 Å². The van der Waals surface area contributed by atoms with E-state index < -0.39 is 0 Å². The van der Waals surface area contributed by atoms with E-state index in [-0.39, 0.29) is 5.56 Å². The second-order valence-corrected chi connectivity index (χ2v) is 9.21. The minimum atomic E-state index is 0.0941. The predicted molar refractivity (Wildman–Crippen MR) is 102 cm³/mol. The highest BCUT2D eigenvalue weighted by Gasteiger charge is 2.33. The molecule has 0 radical (unpaired) electrons. The van der Waals surface area contributed by atoms with E-state index in [0.717, 1.165) is 47.9 Å². The molecule has 0 bridgehead atoms. The van der Waals surface area contributed by atoms with E-state index >= 15 is 0 Å². The van der Waals surface area contributed by atoms with Gasteiger partial charge in [-0.3, -0.25) is 9.69 Å². The minimum absolute atomic E-state index is 0.0941. The Bertz CT molecular complexity index is 837. The standard InChI is InChI=1S/C20H27N3OS/c24-19-18-14-8-2-4-10-16(14)25-20(18)22-17(21-19)12-23-11-5-7-13-6-1-3-9-15(13)23/h13,15H,1-12H2,(H,21,22,24)/t13-,15-/m0/s1. The van der Waals surface area contributed by atoms with Gasteiger partial charge in [-0.15, -0.1) is 11.3 Å². The van der Waals surface area contributed by atoms with Crippen molar-refractivity contribution in [2.75, 3.05) is 6.54 Å². The van der Waals surface area contributed by atoms with Gasteiger partial charge < -0.3 is 4.98 Å². The van der Waals surface area contributed by atoms with Crippen LogP contribution in [-0.4, -0.2) is 27.5 Å². The van der Waals surface area contributed by atoms with Gasteiger partial charge in [-0.2, -0.15) is 0 Å². The Hall–Kier alpha value is -1.20. The Morgan fingerprint density at radius 2 is 1.92 bits per heavy atom. The molecule has 5 rings (SSSR count). The molecule has 0 aromatic carbocycles. The van der Waals surface area contributed by atoms with Crippen molar-refractivity contribution < 1.29 is 0 Å². The largest absolute Gasteiger partial charge is 0.309 e. The summed E-state index contributed by atoms with van der Waals surface area (Å²) < 4.78 is 0. The number of hydrogen-bond donors (Lipinski definition) is 1. The van der Waals surface area contributed by atoms with Crippen molar-refractivity contribution in [3.63, 3.8) is 0 Å². The molecule has 1 N–H and O–H groups in total. The third-order valence-corrected chi connectivity index (χ3v) is 7.77. The van der Waals surface area contributed by atoms with Crippen molar-refractivity contribution >= 4 is 21.6 Å². The maximum atomic E-state index is 12.7. The SMILES string of the molecule is O=c1[nH]c(CN2CCC[C@@H]3CCCC[C@@H]32)nc2sc3c(c12)CCCC3. The molecule has 2 aromatic heterocycles. The van der Waals surface area contributed by atoms with Gasteiger partial charge in [-0.05, 0) is 69.4 Å². The van der Waals surface area contributed by atoms with Gasteiger partial charge in [0.05, 0.1) is 11.9 Å². The Morgan fingerprint density at radius 1 is 1.08 bits per heavy atom. The first-order valence-electron chi connectivity index (χ1n) is 10.1. The number of piperidine rings is 1. The van der Waals surface area contributed by atoms with Crippen LogP contribution in [0.1, 0.15) is 67.6 Å². The van der Waals surface area contributed by atoms with Gasteiger partial charge in [0.25, 0.3) is 5.56 Å². The average Bonchev–Trinajstić information content (AvgIpc) is 3.01. The topological polar surface area (TPSA) is 49.0 Å². The minimum Gasteiger partial charge on any atom is -0.309 e. The van der Waals surface area contributed by atoms with E-state index in [4.69, 9.17) is 4.98 Å². The number of likely N-dealkylation sites (tertiary alicyclic amines) is 1.